The number of amides is 1. The lowest BCUT2D eigenvalue weighted by atomic mass is 9.97. The number of rotatable bonds is 7. The van der Waals surface area contributed by atoms with Crippen LogP contribution in [0.4, 0.5) is 0 Å². The molecule has 1 heterocycles. The van der Waals surface area contributed by atoms with Gasteiger partial charge in [-0.15, -0.1) is 0 Å². The molecule has 0 spiro atoms. The Kier molecular flexibility index (Phi) is 6.07. The van der Waals surface area contributed by atoms with Crippen molar-refractivity contribution in [1.29, 1.82) is 5.26 Å². The fourth-order valence-electron chi connectivity index (χ4n) is 2.53. The summed E-state index contributed by atoms with van der Waals surface area (Å²) in [5.74, 6) is -1.61. The average Bonchev–Trinajstić information content (AvgIpc) is 2.91. The molecule has 2 aromatic rings. The maximum Gasteiger partial charge on any atom is 0.245 e. The van der Waals surface area contributed by atoms with Gasteiger partial charge in [0, 0.05) is 18.5 Å². The smallest absolute Gasteiger partial charge is 0.245 e. The summed E-state index contributed by atoms with van der Waals surface area (Å²) in [6, 6.07) is 9.49. The quantitative estimate of drug-likeness (QED) is 0.782. The van der Waals surface area contributed by atoms with Crippen molar-refractivity contribution >= 4 is 11.7 Å². The average molecular weight is 339 g/mol. The zero-order valence-electron chi connectivity index (χ0n) is 14.6. The number of nitriles is 1. The third-order valence-corrected chi connectivity index (χ3v) is 4.10. The summed E-state index contributed by atoms with van der Waals surface area (Å²) in [6.45, 7) is 5.84. The molecular weight excluding hydrogens is 318 g/mol. The Morgan fingerprint density at radius 2 is 1.92 bits per heavy atom. The molecule has 6 heteroatoms. The molecule has 0 saturated heterocycles. The molecule has 2 rings (SSSR count). The lowest BCUT2D eigenvalue weighted by Gasteiger charge is -2.10. The van der Waals surface area contributed by atoms with E-state index in [1.54, 1.807) is 19.9 Å². The molecular formula is C19H21N3O3. The van der Waals surface area contributed by atoms with Crippen LogP contribution < -0.4 is 5.32 Å². The first-order valence-corrected chi connectivity index (χ1v) is 8.09. The molecule has 1 aromatic carbocycles. The van der Waals surface area contributed by atoms with E-state index in [9.17, 15) is 14.9 Å². The molecule has 1 aromatic heterocycles. The SMILES string of the molecule is Cc1ccc(CNC(=O)C(C#N)C(=O)CCc2c(C)noc2C)cc1. The molecule has 1 atom stereocenters. The van der Waals surface area contributed by atoms with Crippen LogP contribution in [0, 0.1) is 38.0 Å². The highest BCUT2D eigenvalue weighted by Crippen LogP contribution is 2.16. The second-order valence-corrected chi connectivity index (χ2v) is 6.03. The fourth-order valence-corrected chi connectivity index (χ4v) is 2.53. The Morgan fingerprint density at radius 1 is 1.24 bits per heavy atom. The number of nitrogens with one attached hydrogen (secondary N) is 1. The van der Waals surface area contributed by atoms with Gasteiger partial charge in [-0.1, -0.05) is 35.0 Å². The highest BCUT2D eigenvalue weighted by atomic mass is 16.5. The van der Waals surface area contributed by atoms with Crippen LogP contribution in [0.3, 0.4) is 0 Å². The summed E-state index contributed by atoms with van der Waals surface area (Å²) in [5, 5.41) is 15.7. The Labute approximate surface area is 146 Å². The fraction of sp³-hybridized carbons (Fsp3) is 0.368. The number of benzene rings is 1. The van der Waals surface area contributed by atoms with Crippen LogP contribution in [0.2, 0.25) is 0 Å². The van der Waals surface area contributed by atoms with Crippen molar-refractivity contribution in [2.45, 2.75) is 40.2 Å². The molecule has 0 radical (unpaired) electrons. The van der Waals surface area contributed by atoms with Gasteiger partial charge in [0.15, 0.2) is 11.7 Å². The molecule has 1 unspecified atom stereocenters. The second kappa shape index (κ2) is 8.25. The van der Waals surface area contributed by atoms with E-state index in [1.807, 2.05) is 31.2 Å². The zero-order chi connectivity index (χ0) is 18.4. The normalized spacial score (nSPS) is 11.6. The maximum atomic E-state index is 12.3. The number of Topliss-reactive ketones (excluding diaryl/α,β-unsaturated/α-hetero) is 1. The summed E-state index contributed by atoms with van der Waals surface area (Å²) in [6.07, 6.45) is 0.502. The van der Waals surface area contributed by atoms with Gasteiger partial charge in [0.25, 0.3) is 0 Å². The molecule has 0 aliphatic heterocycles. The minimum atomic E-state index is -1.30. The van der Waals surface area contributed by atoms with Crippen molar-refractivity contribution in [1.82, 2.24) is 10.5 Å². The van der Waals surface area contributed by atoms with Crippen LogP contribution in [-0.2, 0) is 22.6 Å². The second-order valence-electron chi connectivity index (χ2n) is 6.03. The molecule has 6 nitrogen and oxygen atoms in total. The van der Waals surface area contributed by atoms with Gasteiger partial charge >= 0.3 is 0 Å². The molecule has 0 fully saturated rings. The first-order valence-electron chi connectivity index (χ1n) is 8.09. The number of ketones is 1. The van der Waals surface area contributed by atoms with E-state index in [-0.39, 0.29) is 13.0 Å². The van der Waals surface area contributed by atoms with Crippen LogP contribution in [0.1, 0.15) is 34.6 Å². The number of hydrogen-bond donors (Lipinski definition) is 1. The van der Waals surface area contributed by atoms with Gasteiger partial charge < -0.3 is 9.84 Å². The Morgan fingerprint density at radius 3 is 2.48 bits per heavy atom. The first-order chi connectivity index (χ1) is 11.9. The Balaban J connectivity index is 1.91. The lowest BCUT2D eigenvalue weighted by Crippen LogP contribution is -2.34. The van der Waals surface area contributed by atoms with Crippen LogP contribution >= 0.6 is 0 Å². The molecule has 130 valence electrons. The van der Waals surface area contributed by atoms with Gasteiger partial charge in [0.1, 0.15) is 5.76 Å². The van der Waals surface area contributed by atoms with Gasteiger partial charge in [-0.2, -0.15) is 5.26 Å². The molecule has 0 bridgehead atoms. The number of nitrogens with zero attached hydrogens (tertiary/aromatic N) is 2. The largest absolute Gasteiger partial charge is 0.361 e. The predicted molar refractivity (Wildman–Crippen MR) is 91.4 cm³/mol. The van der Waals surface area contributed by atoms with E-state index in [4.69, 9.17) is 4.52 Å². The summed E-state index contributed by atoms with van der Waals surface area (Å²) in [7, 11) is 0. The molecule has 0 aliphatic carbocycles. The standard InChI is InChI=1S/C19H21N3O3/c1-12-4-6-15(7-5-12)11-21-19(24)17(10-20)18(23)9-8-16-13(2)22-25-14(16)3/h4-7,17H,8-9,11H2,1-3H3,(H,21,24). The minimum absolute atomic E-state index is 0.0963. The van der Waals surface area contributed by atoms with Crippen molar-refractivity contribution in [3.63, 3.8) is 0 Å². The van der Waals surface area contributed by atoms with Crippen molar-refractivity contribution in [3.05, 3.63) is 52.4 Å². The van der Waals surface area contributed by atoms with E-state index < -0.39 is 17.6 Å². The molecule has 25 heavy (non-hydrogen) atoms. The maximum absolute atomic E-state index is 12.3. The van der Waals surface area contributed by atoms with Crippen molar-refractivity contribution in [3.8, 4) is 6.07 Å². The minimum Gasteiger partial charge on any atom is -0.361 e. The van der Waals surface area contributed by atoms with E-state index in [2.05, 4.69) is 10.5 Å². The number of carbonyl (C=O) groups excluding carboxylic acids is 2. The molecule has 1 amide bonds. The number of aryl methyl sites for hydroxylation is 3. The molecule has 0 aliphatic rings. The number of hydrogen-bond acceptors (Lipinski definition) is 5. The predicted octanol–water partition coefficient (Wildman–Crippen LogP) is 2.56. The summed E-state index contributed by atoms with van der Waals surface area (Å²) < 4.78 is 5.05. The monoisotopic (exact) mass is 339 g/mol. The van der Waals surface area contributed by atoms with E-state index >= 15 is 0 Å². The van der Waals surface area contributed by atoms with Crippen LogP contribution in [-0.4, -0.2) is 16.8 Å². The summed E-state index contributed by atoms with van der Waals surface area (Å²) in [4.78, 5) is 24.4. The number of aromatic nitrogens is 1. The summed E-state index contributed by atoms with van der Waals surface area (Å²) >= 11 is 0. The van der Waals surface area contributed by atoms with Gasteiger partial charge in [-0.05, 0) is 32.8 Å². The van der Waals surface area contributed by atoms with Gasteiger partial charge in [-0.3, -0.25) is 9.59 Å². The third-order valence-electron chi connectivity index (χ3n) is 4.10. The first kappa shape index (κ1) is 18.4. The topological polar surface area (TPSA) is 96.0 Å². The van der Waals surface area contributed by atoms with Crippen molar-refractivity contribution in [2.75, 3.05) is 0 Å². The molecule has 1 N–H and O–H groups in total. The lowest BCUT2D eigenvalue weighted by molar-refractivity contribution is -0.131. The van der Waals surface area contributed by atoms with Crippen LogP contribution in [0.5, 0.6) is 0 Å². The van der Waals surface area contributed by atoms with Crippen LogP contribution in [0.15, 0.2) is 28.8 Å². The van der Waals surface area contributed by atoms with E-state index in [0.29, 0.717) is 12.2 Å². The van der Waals surface area contributed by atoms with Crippen molar-refractivity contribution in [2.24, 2.45) is 5.92 Å². The Bertz CT molecular complexity index is 781. The van der Waals surface area contributed by atoms with Gasteiger partial charge in [0.05, 0.1) is 11.8 Å². The number of carbonyl (C=O) groups is 2. The Hall–Kier alpha value is -2.94. The van der Waals surface area contributed by atoms with E-state index in [0.717, 1.165) is 22.4 Å². The highest BCUT2D eigenvalue weighted by Gasteiger charge is 2.26. The van der Waals surface area contributed by atoms with Gasteiger partial charge in [-0.25, -0.2) is 0 Å². The summed E-state index contributed by atoms with van der Waals surface area (Å²) in [5.41, 5.74) is 3.62. The van der Waals surface area contributed by atoms with Gasteiger partial charge in [0.2, 0.25) is 5.91 Å². The van der Waals surface area contributed by atoms with Crippen molar-refractivity contribution < 1.29 is 14.1 Å². The highest BCUT2D eigenvalue weighted by molar-refractivity contribution is 6.03. The third kappa shape index (κ3) is 4.77. The molecule has 0 saturated carbocycles. The van der Waals surface area contributed by atoms with Crippen LogP contribution in [0.25, 0.3) is 0 Å². The zero-order valence-corrected chi connectivity index (χ0v) is 14.6. The van der Waals surface area contributed by atoms with E-state index in [1.165, 1.54) is 0 Å².